The molecule has 0 aliphatic heterocycles. The third kappa shape index (κ3) is 4.31. The van der Waals surface area contributed by atoms with E-state index in [-0.39, 0.29) is 29.3 Å². The molecule has 0 bridgehead atoms. The molecule has 2 rings (SSSR count). The number of nitrogens with one attached hydrogen (secondary N) is 1. The second-order valence-electron chi connectivity index (χ2n) is 6.23. The van der Waals surface area contributed by atoms with Gasteiger partial charge in [-0.25, -0.2) is 12.7 Å². The van der Waals surface area contributed by atoms with Gasteiger partial charge in [-0.15, -0.1) is 0 Å². The molecule has 1 fully saturated rings. The van der Waals surface area contributed by atoms with Crippen LogP contribution in [0.4, 0.5) is 0 Å². The molecule has 0 aromatic heterocycles. The SMILES string of the molecule is CN(C)S(=O)(=O)c1ccccc1CNC(=O)C[C@@H]1CCC[C@H]1N. The first-order valence-corrected chi connectivity index (χ1v) is 9.29. The summed E-state index contributed by atoms with van der Waals surface area (Å²) in [7, 11) is -0.540. The molecule has 128 valence electrons. The lowest BCUT2D eigenvalue weighted by Crippen LogP contribution is -2.32. The van der Waals surface area contributed by atoms with Gasteiger partial charge in [0.05, 0.1) is 4.90 Å². The standard InChI is InChI=1S/C16H25N3O3S/c1-19(2)23(21,22)15-9-4-3-6-13(15)11-18-16(20)10-12-7-5-8-14(12)17/h3-4,6,9,12,14H,5,7-8,10-11,17H2,1-2H3,(H,18,20)/t12-,14+/m0/s1. The predicted molar refractivity (Wildman–Crippen MR) is 89.1 cm³/mol. The quantitative estimate of drug-likeness (QED) is 0.811. The van der Waals surface area contributed by atoms with Crippen LogP contribution in [-0.4, -0.2) is 38.8 Å². The molecular weight excluding hydrogens is 314 g/mol. The van der Waals surface area contributed by atoms with Crippen molar-refractivity contribution in [2.24, 2.45) is 11.7 Å². The van der Waals surface area contributed by atoms with Crippen molar-refractivity contribution in [2.75, 3.05) is 14.1 Å². The Hall–Kier alpha value is -1.44. The number of carbonyl (C=O) groups is 1. The molecule has 1 aliphatic carbocycles. The highest BCUT2D eigenvalue weighted by Crippen LogP contribution is 2.26. The Balaban J connectivity index is 2.02. The Morgan fingerprint density at radius 2 is 2.00 bits per heavy atom. The Kier molecular flexibility index (Phi) is 5.78. The van der Waals surface area contributed by atoms with Gasteiger partial charge in [-0.2, -0.15) is 0 Å². The van der Waals surface area contributed by atoms with Crippen molar-refractivity contribution in [3.8, 4) is 0 Å². The maximum Gasteiger partial charge on any atom is 0.242 e. The van der Waals surface area contributed by atoms with E-state index >= 15 is 0 Å². The first-order valence-electron chi connectivity index (χ1n) is 7.85. The van der Waals surface area contributed by atoms with E-state index in [0.717, 1.165) is 19.3 Å². The van der Waals surface area contributed by atoms with Crippen molar-refractivity contribution >= 4 is 15.9 Å². The lowest BCUT2D eigenvalue weighted by atomic mass is 10.00. The van der Waals surface area contributed by atoms with E-state index in [2.05, 4.69) is 5.32 Å². The third-order valence-corrected chi connectivity index (χ3v) is 6.29. The molecule has 1 saturated carbocycles. The van der Waals surface area contributed by atoms with Gasteiger partial charge < -0.3 is 11.1 Å². The van der Waals surface area contributed by atoms with Crippen LogP contribution in [0.15, 0.2) is 29.2 Å². The van der Waals surface area contributed by atoms with Gasteiger partial charge in [-0.1, -0.05) is 24.6 Å². The largest absolute Gasteiger partial charge is 0.352 e. The molecule has 1 amide bonds. The van der Waals surface area contributed by atoms with Gasteiger partial charge in [-0.3, -0.25) is 4.79 Å². The first kappa shape index (κ1) is 17.9. The minimum absolute atomic E-state index is 0.0793. The number of carbonyl (C=O) groups excluding carboxylic acids is 1. The predicted octanol–water partition coefficient (Wildman–Crippen LogP) is 1.07. The van der Waals surface area contributed by atoms with Crippen molar-refractivity contribution in [1.29, 1.82) is 0 Å². The highest BCUT2D eigenvalue weighted by Gasteiger charge is 2.26. The summed E-state index contributed by atoms with van der Waals surface area (Å²) in [5.41, 5.74) is 6.57. The van der Waals surface area contributed by atoms with Crippen LogP contribution in [0.3, 0.4) is 0 Å². The van der Waals surface area contributed by atoms with Crippen LogP contribution in [0.1, 0.15) is 31.2 Å². The van der Waals surface area contributed by atoms with Crippen molar-refractivity contribution < 1.29 is 13.2 Å². The summed E-state index contributed by atoms with van der Waals surface area (Å²) in [6, 6.07) is 6.83. The number of rotatable bonds is 6. The molecule has 23 heavy (non-hydrogen) atoms. The Bertz CT molecular complexity index is 658. The lowest BCUT2D eigenvalue weighted by Gasteiger charge is -2.17. The summed E-state index contributed by atoms with van der Waals surface area (Å²) >= 11 is 0. The molecule has 0 unspecified atom stereocenters. The second kappa shape index (κ2) is 7.42. The van der Waals surface area contributed by atoms with E-state index < -0.39 is 10.0 Å². The van der Waals surface area contributed by atoms with Gasteiger partial charge in [0.15, 0.2) is 0 Å². The van der Waals surface area contributed by atoms with E-state index in [4.69, 9.17) is 5.73 Å². The second-order valence-corrected chi connectivity index (χ2v) is 8.35. The summed E-state index contributed by atoms with van der Waals surface area (Å²) in [6.07, 6.45) is 3.44. The van der Waals surface area contributed by atoms with E-state index in [1.54, 1.807) is 24.3 Å². The van der Waals surface area contributed by atoms with E-state index in [0.29, 0.717) is 12.0 Å². The molecule has 0 radical (unpaired) electrons. The number of nitrogens with zero attached hydrogens (tertiary/aromatic N) is 1. The molecule has 0 spiro atoms. The fraction of sp³-hybridized carbons (Fsp3) is 0.562. The Morgan fingerprint density at radius 3 is 2.61 bits per heavy atom. The molecule has 0 heterocycles. The highest BCUT2D eigenvalue weighted by atomic mass is 32.2. The summed E-state index contributed by atoms with van der Waals surface area (Å²) in [5, 5.41) is 2.82. The summed E-state index contributed by atoms with van der Waals surface area (Å²) in [5.74, 6) is 0.153. The number of sulfonamides is 1. The Morgan fingerprint density at radius 1 is 1.30 bits per heavy atom. The van der Waals surface area contributed by atoms with Crippen LogP contribution in [0, 0.1) is 5.92 Å². The Labute approximate surface area is 138 Å². The van der Waals surface area contributed by atoms with Crippen LogP contribution in [0.25, 0.3) is 0 Å². The smallest absolute Gasteiger partial charge is 0.242 e. The molecule has 7 heteroatoms. The average Bonchev–Trinajstić information content (AvgIpc) is 2.90. The molecule has 3 N–H and O–H groups in total. The van der Waals surface area contributed by atoms with Gasteiger partial charge in [0, 0.05) is 33.1 Å². The van der Waals surface area contributed by atoms with Gasteiger partial charge >= 0.3 is 0 Å². The maximum atomic E-state index is 12.3. The molecule has 6 nitrogen and oxygen atoms in total. The fourth-order valence-corrected chi connectivity index (χ4v) is 4.04. The maximum absolute atomic E-state index is 12.3. The molecule has 2 atom stereocenters. The minimum atomic E-state index is -3.52. The fourth-order valence-electron chi connectivity index (χ4n) is 2.92. The lowest BCUT2D eigenvalue weighted by molar-refractivity contribution is -0.122. The summed E-state index contributed by atoms with van der Waals surface area (Å²) < 4.78 is 25.8. The summed E-state index contributed by atoms with van der Waals surface area (Å²) in [4.78, 5) is 12.3. The normalized spacial score (nSPS) is 21.6. The molecule has 1 aromatic carbocycles. The third-order valence-electron chi connectivity index (χ3n) is 4.37. The van der Waals surface area contributed by atoms with E-state index in [1.165, 1.54) is 18.4 Å². The zero-order valence-corrected chi connectivity index (χ0v) is 14.5. The minimum Gasteiger partial charge on any atom is -0.352 e. The van der Waals surface area contributed by atoms with Gasteiger partial charge in [0.25, 0.3) is 0 Å². The highest BCUT2D eigenvalue weighted by molar-refractivity contribution is 7.89. The number of hydrogen-bond acceptors (Lipinski definition) is 4. The molecule has 0 saturated heterocycles. The number of benzene rings is 1. The van der Waals surface area contributed by atoms with E-state index in [9.17, 15) is 13.2 Å². The molecule has 1 aliphatic rings. The van der Waals surface area contributed by atoms with E-state index in [1.807, 2.05) is 0 Å². The topological polar surface area (TPSA) is 92.5 Å². The number of amides is 1. The zero-order valence-electron chi connectivity index (χ0n) is 13.7. The van der Waals surface area contributed by atoms with Crippen LogP contribution in [0.2, 0.25) is 0 Å². The van der Waals surface area contributed by atoms with Crippen LogP contribution in [0.5, 0.6) is 0 Å². The first-order chi connectivity index (χ1) is 10.8. The van der Waals surface area contributed by atoms with Crippen molar-refractivity contribution in [1.82, 2.24) is 9.62 Å². The average molecular weight is 339 g/mol. The van der Waals surface area contributed by atoms with Crippen LogP contribution < -0.4 is 11.1 Å². The molecular formula is C16H25N3O3S. The van der Waals surface area contributed by atoms with Crippen molar-refractivity contribution in [2.45, 2.75) is 43.2 Å². The number of hydrogen-bond donors (Lipinski definition) is 2. The van der Waals surface area contributed by atoms with Gasteiger partial charge in [0.1, 0.15) is 0 Å². The van der Waals surface area contributed by atoms with Crippen molar-refractivity contribution in [3.63, 3.8) is 0 Å². The van der Waals surface area contributed by atoms with Crippen LogP contribution in [-0.2, 0) is 21.4 Å². The monoisotopic (exact) mass is 339 g/mol. The number of nitrogens with two attached hydrogens (primary N) is 1. The van der Waals surface area contributed by atoms with Gasteiger partial charge in [-0.05, 0) is 30.4 Å². The van der Waals surface area contributed by atoms with Gasteiger partial charge in [0.2, 0.25) is 15.9 Å². The summed E-state index contributed by atoms with van der Waals surface area (Å²) in [6.45, 7) is 0.198. The zero-order chi connectivity index (χ0) is 17.0. The molecule has 1 aromatic rings. The van der Waals surface area contributed by atoms with Crippen molar-refractivity contribution in [3.05, 3.63) is 29.8 Å². The van der Waals surface area contributed by atoms with Crippen LogP contribution >= 0.6 is 0 Å².